The molecule has 2 radical (unpaired) electrons. The first-order valence-corrected chi connectivity index (χ1v) is 4.24. The van der Waals surface area contributed by atoms with Crippen LogP contribution in [0.1, 0.15) is 0 Å². The summed E-state index contributed by atoms with van der Waals surface area (Å²) >= 11 is 1.05. The number of ether oxygens (including phenoxy) is 1. The molecule has 9 heavy (non-hydrogen) atoms. The summed E-state index contributed by atoms with van der Waals surface area (Å²) in [6.45, 7) is 0. The van der Waals surface area contributed by atoms with Gasteiger partial charge in [-0.05, 0) is 0 Å². The molecule has 46 valence electrons. The molecule has 0 fully saturated rings. The summed E-state index contributed by atoms with van der Waals surface area (Å²) in [6.07, 6.45) is 0. The van der Waals surface area contributed by atoms with Crippen molar-refractivity contribution in [1.29, 1.82) is 0 Å². The standard InChI is InChI=1S/C6H6NO.Sn.H/c1-8-6-4-2-3-5-7-6;;/h2-4H,1H3;;. The third-order valence-corrected chi connectivity index (χ3v) is 1.87. The third kappa shape index (κ3) is 1.86. The Hall–Kier alpha value is -0.251. The number of methoxy groups -OCH3 is 1. The molecule has 0 saturated carbocycles. The van der Waals surface area contributed by atoms with Gasteiger partial charge >= 0.3 is 67.1 Å². The normalized spacial score (nSPS) is 9.11. The molecule has 1 aromatic heterocycles. The molecule has 0 aliphatic rings. The van der Waals surface area contributed by atoms with Crippen molar-refractivity contribution in [2.24, 2.45) is 0 Å². The maximum absolute atomic E-state index is 4.90. The van der Waals surface area contributed by atoms with Gasteiger partial charge in [-0.15, -0.1) is 0 Å². The number of nitrogens with zero attached hydrogens (tertiary/aromatic N) is 1. The van der Waals surface area contributed by atoms with Gasteiger partial charge in [0.1, 0.15) is 0 Å². The fraction of sp³-hybridized carbons (Fsp3) is 0.167. The summed E-state index contributed by atoms with van der Waals surface area (Å²) in [5, 5.41) is 0. The van der Waals surface area contributed by atoms with E-state index in [9.17, 15) is 0 Å². The van der Waals surface area contributed by atoms with Crippen molar-refractivity contribution in [1.82, 2.24) is 4.98 Å². The Labute approximate surface area is 67.3 Å². The first-order valence-electron chi connectivity index (χ1n) is 2.59. The average molecular weight is 228 g/mol. The molecule has 0 N–H and O–H groups in total. The van der Waals surface area contributed by atoms with E-state index in [2.05, 4.69) is 4.98 Å². The Kier molecular flexibility index (Phi) is 2.33. The van der Waals surface area contributed by atoms with Crippen LogP contribution in [0, 0.1) is 0 Å². The molecule has 0 aliphatic carbocycles. The van der Waals surface area contributed by atoms with E-state index in [1.807, 2.05) is 18.2 Å². The van der Waals surface area contributed by atoms with Gasteiger partial charge in [-0.2, -0.15) is 0 Å². The molecule has 0 aliphatic heterocycles. The van der Waals surface area contributed by atoms with Crippen molar-refractivity contribution >= 4 is 26.2 Å². The zero-order chi connectivity index (χ0) is 6.69. The van der Waals surface area contributed by atoms with E-state index in [4.69, 9.17) is 4.74 Å². The van der Waals surface area contributed by atoms with Gasteiger partial charge in [-0.25, -0.2) is 0 Å². The molecule has 0 atom stereocenters. The Bertz CT molecular complexity index is 202. The molecule has 1 rings (SSSR count). The SMILES string of the molecule is COc1ccc[c]([SnH])n1. The second kappa shape index (κ2) is 3.05. The van der Waals surface area contributed by atoms with Crippen LogP contribution in [0.25, 0.3) is 0 Å². The fourth-order valence-electron chi connectivity index (χ4n) is 0.544. The average Bonchev–Trinajstić information content (AvgIpc) is 1.88. The first-order chi connectivity index (χ1) is 4.33. The van der Waals surface area contributed by atoms with Crippen LogP contribution in [0.3, 0.4) is 0 Å². The van der Waals surface area contributed by atoms with Gasteiger partial charge in [0, 0.05) is 0 Å². The first kappa shape index (κ1) is 6.86. The monoisotopic (exact) mass is 229 g/mol. The molecule has 0 aromatic carbocycles. The zero-order valence-corrected chi connectivity index (χ0v) is 8.46. The second-order valence-electron chi connectivity index (χ2n) is 1.60. The summed E-state index contributed by atoms with van der Waals surface area (Å²) in [7, 11) is 1.63. The van der Waals surface area contributed by atoms with Crippen molar-refractivity contribution in [2.45, 2.75) is 0 Å². The Morgan fingerprint density at radius 2 is 2.33 bits per heavy atom. The minimum absolute atomic E-state index is 0.708. The molecule has 2 nitrogen and oxygen atoms in total. The van der Waals surface area contributed by atoms with E-state index < -0.39 is 0 Å². The number of pyridine rings is 1. The van der Waals surface area contributed by atoms with Gasteiger partial charge in [0.05, 0.1) is 0 Å². The minimum atomic E-state index is 0.708. The molecule has 1 heterocycles. The van der Waals surface area contributed by atoms with E-state index in [1.54, 1.807) is 7.11 Å². The van der Waals surface area contributed by atoms with Crippen molar-refractivity contribution in [3.63, 3.8) is 0 Å². The Morgan fingerprint density at radius 1 is 1.56 bits per heavy atom. The van der Waals surface area contributed by atoms with Gasteiger partial charge in [0.15, 0.2) is 0 Å². The Balaban J connectivity index is 2.94. The summed E-state index contributed by atoms with van der Waals surface area (Å²) in [5.74, 6) is 0.708. The molecule has 0 saturated heterocycles. The van der Waals surface area contributed by atoms with Crippen LogP contribution >= 0.6 is 0 Å². The molecular weight excluding hydrogens is 221 g/mol. The van der Waals surface area contributed by atoms with Crippen LogP contribution in [0.4, 0.5) is 0 Å². The van der Waals surface area contributed by atoms with E-state index in [-0.39, 0.29) is 0 Å². The number of aromatic nitrogens is 1. The van der Waals surface area contributed by atoms with E-state index >= 15 is 0 Å². The second-order valence-corrected chi connectivity index (χ2v) is 3.29. The fourth-order valence-corrected chi connectivity index (χ4v) is 1.22. The van der Waals surface area contributed by atoms with Crippen LogP contribution in [-0.2, 0) is 0 Å². The van der Waals surface area contributed by atoms with Gasteiger partial charge in [-0.1, -0.05) is 0 Å². The molecule has 0 bridgehead atoms. The van der Waals surface area contributed by atoms with Gasteiger partial charge in [0.2, 0.25) is 0 Å². The number of hydrogen-bond donors (Lipinski definition) is 0. The predicted molar refractivity (Wildman–Crippen MR) is 37.6 cm³/mol. The summed E-state index contributed by atoms with van der Waals surface area (Å²) in [4.78, 5) is 4.13. The quantitative estimate of drug-likeness (QED) is 0.611. The van der Waals surface area contributed by atoms with E-state index in [0.29, 0.717) is 5.88 Å². The summed E-state index contributed by atoms with van der Waals surface area (Å²) < 4.78 is 6.02. The van der Waals surface area contributed by atoms with Gasteiger partial charge < -0.3 is 0 Å². The summed E-state index contributed by atoms with van der Waals surface area (Å²) in [6, 6.07) is 5.79. The van der Waals surface area contributed by atoms with Crippen molar-refractivity contribution < 1.29 is 4.74 Å². The van der Waals surface area contributed by atoms with Gasteiger partial charge in [0.25, 0.3) is 0 Å². The number of hydrogen-bond acceptors (Lipinski definition) is 2. The molecule has 0 amide bonds. The topological polar surface area (TPSA) is 22.1 Å². The van der Waals surface area contributed by atoms with E-state index in [1.165, 1.54) is 0 Å². The van der Waals surface area contributed by atoms with E-state index in [0.717, 1.165) is 26.2 Å². The summed E-state index contributed by atoms with van der Waals surface area (Å²) in [5.41, 5.74) is 0. The molecule has 0 spiro atoms. The van der Waals surface area contributed by atoms with Crippen molar-refractivity contribution in [3.8, 4) is 5.88 Å². The molecule has 1 aromatic rings. The zero-order valence-electron chi connectivity index (χ0n) is 5.16. The van der Waals surface area contributed by atoms with Crippen molar-refractivity contribution in [2.75, 3.05) is 7.11 Å². The van der Waals surface area contributed by atoms with Crippen LogP contribution in [0.2, 0.25) is 0 Å². The third-order valence-electron chi connectivity index (χ3n) is 0.954. The molecular formula is C6H7NOSn. The van der Waals surface area contributed by atoms with Crippen LogP contribution < -0.4 is 8.45 Å². The molecule has 0 unspecified atom stereocenters. The molecule has 3 heteroatoms. The maximum atomic E-state index is 4.90. The van der Waals surface area contributed by atoms with Gasteiger partial charge in [-0.3, -0.25) is 0 Å². The van der Waals surface area contributed by atoms with Crippen LogP contribution in [-0.4, -0.2) is 34.6 Å². The van der Waals surface area contributed by atoms with Crippen molar-refractivity contribution in [3.05, 3.63) is 18.2 Å². The van der Waals surface area contributed by atoms with Crippen LogP contribution in [0.5, 0.6) is 5.88 Å². The predicted octanol–water partition coefficient (Wildman–Crippen LogP) is -0.384. The number of rotatable bonds is 1. The van der Waals surface area contributed by atoms with Crippen LogP contribution in [0.15, 0.2) is 18.2 Å². The Morgan fingerprint density at radius 3 is 2.78 bits per heavy atom.